The van der Waals surface area contributed by atoms with Crippen LogP contribution in [0.1, 0.15) is 97.4 Å². The smallest absolute Gasteiger partial charge is 0.408 e. The monoisotopic (exact) mass is 521 g/mol. The largest absolute Gasteiger partial charge is 0.444 e. The maximum Gasteiger partial charge on any atom is 0.408 e. The highest BCUT2D eigenvalue weighted by atomic mass is 32.1. The zero-order chi connectivity index (χ0) is 27.8. The Morgan fingerprint density at radius 1 is 1.06 bits per heavy atom. The number of benzene rings is 1. The third kappa shape index (κ3) is 8.71. The molecule has 3 atom stereocenters. The number of ether oxygens (including phenoxy) is 1. The van der Waals surface area contributed by atoms with Crippen molar-refractivity contribution < 1.29 is 19.1 Å². The molecule has 0 bridgehead atoms. The van der Waals surface area contributed by atoms with E-state index in [0.29, 0.717) is 6.42 Å². The molecule has 0 aliphatic heterocycles. The summed E-state index contributed by atoms with van der Waals surface area (Å²) in [5.41, 5.74) is 1.34. The molecule has 0 saturated carbocycles. The molecule has 0 spiro atoms. The second kappa shape index (κ2) is 13.4. The number of alkyl carbamates (subject to hydrolysis) is 1. The third-order valence-electron chi connectivity index (χ3n) is 6.48. The SMILES string of the molecule is CCCC(C)NC(=O)C(c1cccc(C)c1C)N(C(=O)C(CS)NC(=O)OC(C)(C)C)C(C)(C)CC. The van der Waals surface area contributed by atoms with E-state index in [-0.39, 0.29) is 23.6 Å². The van der Waals surface area contributed by atoms with Crippen molar-refractivity contribution >= 4 is 30.5 Å². The molecular formula is C28H47N3O4S. The maximum absolute atomic E-state index is 14.1. The Balaban J connectivity index is 3.64. The number of thiol groups is 1. The van der Waals surface area contributed by atoms with E-state index in [2.05, 4.69) is 30.2 Å². The van der Waals surface area contributed by atoms with Crippen molar-refractivity contribution in [2.75, 3.05) is 5.75 Å². The van der Waals surface area contributed by atoms with Crippen LogP contribution < -0.4 is 10.6 Å². The first-order chi connectivity index (χ1) is 16.6. The summed E-state index contributed by atoms with van der Waals surface area (Å²) in [5, 5.41) is 5.79. The van der Waals surface area contributed by atoms with E-state index in [9.17, 15) is 14.4 Å². The van der Waals surface area contributed by atoms with Crippen molar-refractivity contribution in [1.82, 2.24) is 15.5 Å². The summed E-state index contributed by atoms with van der Waals surface area (Å²) in [5.74, 6) is -0.566. The van der Waals surface area contributed by atoms with Crippen LogP contribution in [0.15, 0.2) is 18.2 Å². The predicted molar refractivity (Wildman–Crippen MR) is 149 cm³/mol. The van der Waals surface area contributed by atoms with Crippen LogP contribution in [0, 0.1) is 13.8 Å². The van der Waals surface area contributed by atoms with Crippen LogP contribution in [0.3, 0.4) is 0 Å². The molecule has 1 aromatic rings. The molecule has 0 aromatic heterocycles. The first-order valence-corrected chi connectivity index (χ1v) is 13.5. The van der Waals surface area contributed by atoms with Gasteiger partial charge in [0.05, 0.1) is 0 Å². The summed E-state index contributed by atoms with van der Waals surface area (Å²) in [6.07, 6.45) is 1.66. The Bertz CT molecular complexity index is 911. The van der Waals surface area contributed by atoms with Gasteiger partial charge < -0.3 is 20.3 Å². The number of rotatable bonds is 11. The van der Waals surface area contributed by atoms with Gasteiger partial charge in [0.2, 0.25) is 11.8 Å². The van der Waals surface area contributed by atoms with Crippen molar-refractivity contribution in [2.45, 2.75) is 118 Å². The van der Waals surface area contributed by atoms with Crippen LogP contribution in [-0.2, 0) is 14.3 Å². The molecule has 0 aliphatic carbocycles. The number of hydrogen-bond donors (Lipinski definition) is 3. The summed E-state index contributed by atoms with van der Waals surface area (Å²) >= 11 is 4.37. The third-order valence-corrected chi connectivity index (χ3v) is 6.85. The number of aryl methyl sites for hydroxylation is 1. The van der Waals surface area contributed by atoms with Gasteiger partial charge in [0.25, 0.3) is 0 Å². The molecule has 204 valence electrons. The molecule has 3 unspecified atom stereocenters. The fourth-order valence-corrected chi connectivity index (χ4v) is 4.29. The van der Waals surface area contributed by atoms with E-state index in [1.807, 2.05) is 59.7 Å². The molecule has 2 N–H and O–H groups in total. The molecule has 0 saturated heterocycles. The fourth-order valence-electron chi connectivity index (χ4n) is 4.04. The number of carbonyl (C=O) groups excluding carboxylic acids is 3. The highest BCUT2D eigenvalue weighted by molar-refractivity contribution is 7.80. The lowest BCUT2D eigenvalue weighted by molar-refractivity contribution is -0.149. The summed E-state index contributed by atoms with van der Waals surface area (Å²) in [6, 6.07) is 3.91. The summed E-state index contributed by atoms with van der Waals surface area (Å²) in [4.78, 5) is 42.2. The number of amides is 3. The average Bonchev–Trinajstić information content (AvgIpc) is 2.76. The summed E-state index contributed by atoms with van der Waals surface area (Å²) < 4.78 is 5.38. The van der Waals surface area contributed by atoms with Crippen molar-refractivity contribution in [3.8, 4) is 0 Å². The molecule has 0 fully saturated rings. The standard InChI is InChI=1S/C28H47N3O4S/c1-11-14-19(4)29-24(32)23(21-16-13-15-18(3)20(21)5)31(28(9,10)12-2)25(33)22(17-36)30-26(34)35-27(6,7)8/h13,15-16,19,22-23,36H,11-12,14,17H2,1-10H3,(H,29,32)(H,30,34). The van der Waals surface area contributed by atoms with E-state index in [4.69, 9.17) is 4.74 Å². The highest BCUT2D eigenvalue weighted by Crippen LogP contribution is 2.34. The second-order valence-electron chi connectivity index (χ2n) is 11.1. The Morgan fingerprint density at radius 3 is 2.17 bits per heavy atom. The Morgan fingerprint density at radius 2 is 1.67 bits per heavy atom. The molecule has 0 radical (unpaired) electrons. The molecule has 36 heavy (non-hydrogen) atoms. The lowest BCUT2D eigenvalue weighted by Crippen LogP contribution is -2.60. The van der Waals surface area contributed by atoms with Gasteiger partial charge in [0, 0.05) is 17.3 Å². The van der Waals surface area contributed by atoms with Gasteiger partial charge in [-0.2, -0.15) is 12.6 Å². The fraction of sp³-hybridized carbons (Fsp3) is 0.679. The van der Waals surface area contributed by atoms with E-state index in [1.54, 1.807) is 25.7 Å². The number of nitrogens with one attached hydrogen (secondary N) is 2. The van der Waals surface area contributed by atoms with E-state index >= 15 is 0 Å². The number of carbonyl (C=O) groups is 3. The van der Waals surface area contributed by atoms with Crippen molar-refractivity contribution in [1.29, 1.82) is 0 Å². The van der Waals surface area contributed by atoms with Gasteiger partial charge in [-0.05, 0) is 84.9 Å². The Hall–Kier alpha value is -2.22. The van der Waals surface area contributed by atoms with Crippen LogP contribution in [0.2, 0.25) is 0 Å². The minimum atomic E-state index is -0.970. The van der Waals surface area contributed by atoms with Crippen molar-refractivity contribution in [3.63, 3.8) is 0 Å². The predicted octanol–water partition coefficient (Wildman–Crippen LogP) is 5.49. The second-order valence-corrected chi connectivity index (χ2v) is 11.5. The van der Waals surface area contributed by atoms with Gasteiger partial charge in [0.1, 0.15) is 17.7 Å². The number of hydrogen-bond acceptors (Lipinski definition) is 5. The Labute approximate surface area is 223 Å². The van der Waals surface area contributed by atoms with Crippen LogP contribution in [0.25, 0.3) is 0 Å². The van der Waals surface area contributed by atoms with Gasteiger partial charge in [-0.3, -0.25) is 9.59 Å². The minimum absolute atomic E-state index is 0.0441. The van der Waals surface area contributed by atoms with Crippen LogP contribution >= 0.6 is 12.6 Å². The molecule has 7 nitrogen and oxygen atoms in total. The molecular weight excluding hydrogens is 474 g/mol. The highest BCUT2D eigenvalue weighted by Gasteiger charge is 2.43. The first-order valence-electron chi connectivity index (χ1n) is 12.9. The summed E-state index contributed by atoms with van der Waals surface area (Å²) in [6.45, 7) is 19.1. The van der Waals surface area contributed by atoms with Gasteiger partial charge in [-0.1, -0.05) is 38.5 Å². The van der Waals surface area contributed by atoms with Crippen molar-refractivity contribution in [3.05, 3.63) is 34.9 Å². The minimum Gasteiger partial charge on any atom is -0.444 e. The zero-order valence-electron chi connectivity index (χ0n) is 23.8. The quantitative estimate of drug-likeness (QED) is 0.336. The maximum atomic E-state index is 14.1. The van der Waals surface area contributed by atoms with Crippen LogP contribution in [-0.4, -0.2) is 51.8 Å². The number of nitrogens with zero attached hydrogens (tertiary/aromatic N) is 1. The molecule has 1 aromatic carbocycles. The van der Waals surface area contributed by atoms with Gasteiger partial charge in [-0.25, -0.2) is 4.79 Å². The van der Waals surface area contributed by atoms with Crippen LogP contribution in [0.5, 0.6) is 0 Å². The average molecular weight is 522 g/mol. The van der Waals surface area contributed by atoms with Crippen LogP contribution in [0.4, 0.5) is 4.79 Å². The molecule has 1 rings (SSSR count). The van der Waals surface area contributed by atoms with Crippen molar-refractivity contribution in [2.24, 2.45) is 0 Å². The van der Waals surface area contributed by atoms with Gasteiger partial charge in [-0.15, -0.1) is 0 Å². The lowest BCUT2D eigenvalue weighted by Gasteiger charge is -2.45. The first kappa shape index (κ1) is 31.8. The molecule has 0 aliphatic rings. The normalized spacial score (nSPS) is 14.4. The molecule has 3 amide bonds. The Kier molecular flexibility index (Phi) is 11.8. The zero-order valence-corrected chi connectivity index (χ0v) is 24.7. The molecule has 8 heteroatoms. The topological polar surface area (TPSA) is 87.7 Å². The van der Waals surface area contributed by atoms with E-state index < -0.39 is 29.3 Å². The van der Waals surface area contributed by atoms with Gasteiger partial charge >= 0.3 is 6.09 Å². The van der Waals surface area contributed by atoms with E-state index in [0.717, 1.165) is 29.5 Å². The summed E-state index contributed by atoms with van der Waals surface area (Å²) in [7, 11) is 0. The molecule has 0 heterocycles. The lowest BCUT2D eigenvalue weighted by atomic mass is 9.89. The van der Waals surface area contributed by atoms with Gasteiger partial charge in [0.15, 0.2) is 0 Å². The van der Waals surface area contributed by atoms with E-state index in [1.165, 1.54) is 0 Å².